The van der Waals surface area contributed by atoms with Gasteiger partial charge in [0.25, 0.3) is 6.43 Å². The molecule has 1 aromatic carbocycles. The molecule has 0 aliphatic carbocycles. The van der Waals surface area contributed by atoms with E-state index in [0.29, 0.717) is 10.5 Å². The summed E-state index contributed by atoms with van der Waals surface area (Å²) in [5, 5.41) is 9.25. The van der Waals surface area contributed by atoms with Gasteiger partial charge in [0.15, 0.2) is 0 Å². The number of rotatable bonds is 4. The van der Waals surface area contributed by atoms with Crippen LogP contribution in [0.25, 0.3) is 22.2 Å². The van der Waals surface area contributed by atoms with E-state index >= 15 is 0 Å². The average molecular weight is 389 g/mol. The van der Waals surface area contributed by atoms with Crippen LogP contribution >= 0.6 is 23.4 Å². The minimum Gasteiger partial charge on any atom is -0.277 e. The maximum Gasteiger partial charge on any atom is 0.280 e. The SMILES string of the molecule is FC(F)c1ccc2cc(-c3[nH]ncc3Sc3ccc(Cl)cn3)ccc2n1. The standard InChI is InChI=1S/C18H11ClF2N4S/c19-12-3-6-16(22-8-12)26-15-9-23-25-17(15)11-2-4-13-10(7-11)1-5-14(24-13)18(20)21/h1-9,18H,(H,23,25). The van der Waals surface area contributed by atoms with E-state index < -0.39 is 6.43 Å². The third-order valence-corrected chi connectivity index (χ3v) is 4.95. The second kappa shape index (κ2) is 7.01. The van der Waals surface area contributed by atoms with Crippen molar-refractivity contribution in [1.82, 2.24) is 20.2 Å². The van der Waals surface area contributed by atoms with E-state index in [-0.39, 0.29) is 5.69 Å². The summed E-state index contributed by atoms with van der Waals surface area (Å²) in [5.74, 6) is 0. The molecular formula is C18H11ClF2N4S. The number of benzene rings is 1. The van der Waals surface area contributed by atoms with Crippen molar-refractivity contribution < 1.29 is 8.78 Å². The van der Waals surface area contributed by atoms with E-state index in [1.807, 2.05) is 18.2 Å². The largest absolute Gasteiger partial charge is 0.280 e. The Kier molecular flexibility index (Phi) is 4.57. The summed E-state index contributed by atoms with van der Waals surface area (Å²) in [7, 11) is 0. The van der Waals surface area contributed by atoms with Crippen LogP contribution in [0.3, 0.4) is 0 Å². The number of hydrogen-bond donors (Lipinski definition) is 1. The fraction of sp³-hybridized carbons (Fsp3) is 0.0556. The molecule has 0 saturated carbocycles. The number of aromatic nitrogens is 4. The molecule has 0 fully saturated rings. The van der Waals surface area contributed by atoms with Crippen molar-refractivity contribution in [3.8, 4) is 11.3 Å². The van der Waals surface area contributed by atoms with Gasteiger partial charge in [0.05, 0.1) is 27.3 Å². The second-order valence-electron chi connectivity index (χ2n) is 5.47. The third kappa shape index (κ3) is 3.40. The van der Waals surface area contributed by atoms with Crippen LogP contribution in [-0.4, -0.2) is 20.2 Å². The molecule has 1 N–H and O–H groups in total. The van der Waals surface area contributed by atoms with Crippen molar-refractivity contribution in [3.63, 3.8) is 0 Å². The molecule has 0 atom stereocenters. The first-order valence-corrected chi connectivity index (χ1v) is 8.81. The predicted molar refractivity (Wildman–Crippen MR) is 97.7 cm³/mol. The number of alkyl halides is 2. The zero-order chi connectivity index (χ0) is 18.1. The van der Waals surface area contributed by atoms with Gasteiger partial charge in [-0.1, -0.05) is 35.5 Å². The molecule has 0 aliphatic heterocycles. The number of aromatic amines is 1. The highest BCUT2D eigenvalue weighted by molar-refractivity contribution is 7.99. The van der Waals surface area contributed by atoms with E-state index in [1.54, 1.807) is 30.6 Å². The van der Waals surface area contributed by atoms with Crippen molar-refractivity contribution in [2.24, 2.45) is 0 Å². The summed E-state index contributed by atoms with van der Waals surface area (Å²) < 4.78 is 25.6. The smallest absolute Gasteiger partial charge is 0.277 e. The van der Waals surface area contributed by atoms with Crippen LogP contribution in [0.4, 0.5) is 8.78 Å². The molecule has 0 spiro atoms. The van der Waals surface area contributed by atoms with Crippen molar-refractivity contribution in [2.75, 3.05) is 0 Å². The maximum absolute atomic E-state index is 12.8. The van der Waals surface area contributed by atoms with Gasteiger partial charge in [-0.25, -0.2) is 18.7 Å². The van der Waals surface area contributed by atoms with E-state index in [9.17, 15) is 8.78 Å². The lowest BCUT2D eigenvalue weighted by molar-refractivity contribution is 0.146. The molecule has 3 heterocycles. The summed E-state index contributed by atoms with van der Waals surface area (Å²) in [6.45, 7) is 0. The van der Waals surface area contributed by atoms with Crippen LogP contribution in [0, 0.1) is 0 Å². The van der Waals surface area contributed by atoms with Gasteiger partial charge in [-0.15, -0.1) is 0 Å². The zero-order valence-electron chi connectivity index (χ0n) is 13.2. The van der Waals surface area contributed by atoms with Crippen molar-refractivity contribution >= 4 is 34.3 Å². The van der Waals surface area contributed by atoms with Crippen LogP contribution in [0.15, 0.2) is 64.8 Å². The number of hydrogen-bond acceptors (Lipinski definition) is 4. The van der Waals surface area contributed by atoms with E-state index in [0.717, 1.165) is 26.6 Å². The molecule has 0 radical (unpaired) electrons. The van der Waals surface area contributed by atoms with Crippen LogP contribution in [0.1, 0.15) is 12.1 Å². The Morgan fingerprint density at radius 3 is 2.69 bits per heavy atom. The first kappa shape index (κ1) is 16.9. The quantitative estimate of drug-likeness (QED) is 0.482. The molecule has 4 rings (SSSR count). The van der Waals surface area contributed by atoms with Crippen LogP contribution in [0.5, 0.6) is 0 Å². The third-order valence-electron chi connectivity index (χ3n) is 3.74. The summed E-state index contributed by atoms with van der Waals surface area (Å²) in [4.78, 5) is 9.16. The number of nitrogens with zero attached hydrogens (tertiary/aromatic N) is 3. The highest BCUT2D eigenvalue weighted by Crippen LogP contribution is 2.35. The van der Waals surface area contributed by atoms with Gasteiger partial charge in [-0.3, -0.25) is 5.10 Å². The molecule has 26 heavy (non-hydrogen) atoms. The second-order valence-corrected chi connectivity index (χ2v) is 6.97. The number of pyridine rings is 2. The number of nitrogens with one attached hydrogen (secondary N) is 1. The summed E-state index contributed by atoms with van der Waals surface area (Å²) in [5.41, 5.74) is 2.01. The predicted octanol–water partition coefficient (Wildman–Crippen LogP) is 5.76. The van der Waals surface area contributed by atoms with Gasteiger partial charge in [0, 0.05) is 17.1 Å². The van der Waals surface area contributed by atoms with Crippen molar-refractivity contribution in [1.29, 1.82) is 0 Å². The Balaban J connectivity index is 1.68. The Hall–Kier alpha value is -2.51. The lowest BCUT2D eigenvalue weighted by Gasteiger charge is -2.06. The molecule has 130 valence electrons. The summed E-state index contributed by atoms with van der Waals surface area (Å²) in [6.07, 6.45) is 0.728. The Bertz CT molecular complexity index is 1070. The normalized spacial score (nSPS) is 11.4. The first-order valence-electron chi connectivity index (χ1n) is 7.62. The van der Waals surface area contributed by atoms with E-state index in [4.69, 9.17) is 11.6 Å². The Morgan fingerprint density at radius 2 is 1.92 bits per heavy atom. The van der Waals surface area contributed by atoms with Crippen LogP contribution < -0.4 is 0 Å². The molecule has 0 bridgehead atoms. The zero-order valence-corrected chi connectivity index (χ0v) is 14.7. The summed E-state index contributed by atoms with van der Waals surface area (Å²) >= 11 is 7.32. The van der Waals surface area contributed by atoms with Crippen LogP contribution in [0.2, 0.25) is 5.02 Å². The Labute approximate surface area is 156 Å². The van der Waals surface area contributed by atoms with Gasteiger partial charge in [0.2, 0.25) is 0 Å². The molecule has 0 unspecified atom stereocenters. The van der Waals surface area contributed by atoms with Gasteiger partial charge in [-0.2, -0.15) is 5.10 Å². The fourth-order valence-electron chi connectivity index (χ4n) is 2.51. The van der Waals surface area contributed by atoms with Gasteiger partial charge >= 0.3 is 0 Å². The van der Waals surface area contributed by atoms with E-state index in [1.165, 1.54) is 17.8 Å². The molecule has 0 amide bonds. The molecule has 0 aliphatic rings. The van der Waals surface area contributed by atoms with Gasteiger partial charge in [-0.05, 0) is 30.3 Å². The average Bonchev–Trinajstić information content (AvgIpc) is 3.11. The molecule has 0 saturated heterocycles. The Morgan fingerprint density at radius 1 is 1.04 bits per heavy atom. The molecule has 8 heteroatoms. The highest BCUT2D eigenvalue weighted by atomic mass is 35.5. The number of halogens is 3. The lowest BCUT2D eigenvalue weighted by atomic mass is 10.1. The van der Waals surface area contributed by atoms with Crippen LogP contribution in [-0.2, 0) is 0 Å². The molecular weight excluding hydrogens is 378 g/mol. The maximum atomic E-state index is 12.8. The summed E-state index contributed by atoms with van der Waals surface area (Å²) in [6, 6.07) is 12.1. The van der Waals surface area contributed by atoms with Gasteiger partial charge in [0.1, 0.15) is 10.7 Å². The minimum atomic E-state index is -2.58. The first-order chi connectivity index (χ1) is 12.6. The lowest BCUT2D eigenvalue weighted by Crippen LogP contribution is -1.91. The molecule has 4 nitrogen and oxygen atoms in total. The number of H-pyrrole nitrogens is 1. The van der Waals surface area contributed by atoms with E-state index in [2.05, 4.69) is 20.2 Å². The fourth-order valence-corrected chi connectivity index (χ4v) is 3.46. The minimum absolute atomic E-state index is 0.225. The highest BCUT2D eigenvalue weighted by Gasteiger charge is 2.13. The molecule has 3 aromatic heterocycles. The van der Waals surface area contributed by atoms with Crippen molar-refractivity contribution in [2.45, 2.75) is 16.3 Å². The monoisotopic (exact) mass is 388 g/mol. The number of fused-ring (bicyclic) bond motifs is 1. The topological polar surface area (TPSA) is 54.5 Å². The van der Waals surface area contributed by atoms with Crippen molar-refractivity contribution in [3.05, 3.63) is 65.6 Å². The van der Waals surface area contributed by atoms with Gasteiger partial charge < -0.3 is 0 Å². The molecule has 4 aromatic rings.